The molecule has 0 radical (unpaired) electrons. The van der Waals surface area contributed by atoms with E-state index in [2.05, 4.69) is 25.6 Å². The molecule has 2 aromatic carbocycles. The topological polar surface area (TPSA) is 114 Å². The molecule has 0 saturated carbocycles. The minimum absolute atomic E-state index is 0.424. The molecule has 2 aromatic heterocycles. The van der Waals surface area contributed by atoms with Crippen molar-refractivity contribution in [3.63, 3.8) is 0 Å². The summed E-state index contributed by atoms with van der Waals surface area (Å²) >= 11 is 0. The zero-order chi connectivity index (χ0) is 21.3. The van der Waals surface area contributed by atoms with Gasteiger partial charge in [-0.3, -0.25) is 4.98 Å². The Balaban J connectivity index is 1.61. The maximum Gasteiger partial charge on any atom is 0.417 e. The number of nitrogens with zero attached hydrogens (tertiary/aromatic N) is 2. The summed E-state index contributed by atoms with van der Waals surface area (Å²) in [7, 11) is 3.20. The lowest BCUT2D eigenvalue weighted by atomic mass is 10.2. The van der Waals surface area contributed by atoms with E-state index >= 15 is 0 Å². The molecule has 0 atom stereocenters. The average molecular weight is 407 g/mol. The number of hydrogen-bond donors (Lipinski definition) is 3. The molecule has 0 fully saturated rings. The number of aryl methyl sites for hydroxylation is 2. The Morgan fingerprint density at radius 3 is 2.60 bits per heavy atom. The van der Waals surface area contributed by atoms with Gasteiger partial charge in [-0.25, -0.2) is 9.78 Å². The van der Waals surface area contributed by atoms with E-state index < -0.39 is 5.76 Å². The summed E-state index contributed by atoms with van der Waals surface area (Å²) in [5, 5.41) is 6.45. The lowest BCUT2D eigenvalue weighted by molar-refractivity contribution is 0.353. The van der Waals surface area contributed by atoms with Crippen molar-refractivity contribution < 1.29 is 13.9 Å². The van der Waals surface area contributed by atoms with Crippen molar-refractivity contribution in [3.8, 4) is 11.5 Å². The summed E-state index contributed by atoms with van der Waals surface area (Å²) in [6.07, 6.45) is 1.73. The van der Waals surface area contributed by atoms with Gasteiger partial charge in [0.25, 0.3) is 0 Å². The van der Waals surface area contributed by atoms with E-state index in [1.54, 1.807) is 32.5 Å². The number of aromatic nitrogens is 3. The second-order valence-corrected chi connectivity index (χ2v) is 6.73. The fourth-order valence-corrected chi connectivity index (χ4v) is 3.15. The molecule has 0 aliphatic heterocycles. The van der Waals surface area contributed by atoms with Crippen LogP contribution < -0.4 is 25.9 Å². The van der Waals surface area contributed by atoms with Crippen LogP contribution >= 0.6 is 0 Å². The van der Waals surface area contributed by atoms with E-state index in [0.717, 1.165) is 22.5 Å². The van der Waals surface area contributed by atoms with Crippen molar-refractivity contribution in [2.45, 2.75) is 13.8 Å². The first kappa shape index (κ1) is 19.3. The maximum atomic E-state index is 11.4. The Morgan fingerprint density at radius 1 is 1.00 bits per heavy atom. The Morgan fingerprint density at radius 2 is 1.83 bits per heavy atom. The van der Waals surface area contributed by atoms with Crippen molar-refractivity contribution in [1.29, 1.82) is 0 Å². The summed E-state index contributed by atoms with van der Waals surface area (Å²) in [6, 6.07) is 9.07. The van der Waals surface area contributed by atoms with Gasteiger partial charge >= 0.3 is 5.76 Å². The molecule has 0 saturated heterocycles. The number of ether oxygens (including phenoxy) is 2. The van der Waals surface area contributed by atoms with E-state index in [-0.39, 0.29) is 0 Å². The fraction of sp³-hybridized carbons (Fsp3) is 0.190. The molecule has 0 spiro atoms. The highest BCUT2D eigenvalue weighted by Crippen LogP contribution is 2.34. The zero-order valence-corrected chi connectivity index (χ0v) is 17.0. The third kappa shape index (κ3) is 3.77. The van der Waals surface area contributed by atoms with Crippen molar-refractivity contribution >= 4 is 34.2 Å². The first-order valence-corrected chi connectivity index (χ1v) is 9.20. The van der Waals surface area contributed by atoms with E-state index in [4.69, 9.17) is 13.9 Å². The zero-order valence-electron chi connectivity index (χ0n) is 17.0. The number of anilines is 4. The molecule has 4 aromatic rings. The highest BCUT2D eigenvalue weighted by atomic mass is 16.5. The van der Waals surface area contributed by atoms with Crippen LogP contribution in [0.5, 0.6) is 11.5 Å². The van der Waals surface area contributed by atoms with Gasteiger partial charge in [-0.15, -0.1) is 0 Å². The van der Waals surface area contributed by atoms with Gasteiger partial charge in [-0.05, 0) is 43.7 Å². The van der Waals surface area contributed by atoms with Crippen LogP contribution in [0.15, 0.2) is 45.7 Å². The highest BCUT2D eigenvalue weighted by molar-refractivity contribution is 5.78. The van der Waals surface area contributed by atoms with Gasteiger partial charge in [0.15, 0.2) is 17.1 Å². The number of nitrogens with one attached hydrogen (secondary N) is 3. The molecule has 0 bridgehead atoms. The van der Waals surface area contributed by atoms with E-state index in [9.17, 15) is 4.79 Å². The minimum Gasteiger partial charge on any atom is -0.493 e. The Kier molecular flexibility index (Phi) is 5.01. The Labute approximate surface area is 172 Å². The maximum absolute atomic E-state index is 11.4. The van der Waals surface area contributed by atoms with Crippen LogP contribution in [0, 0.1) is 13.8 Å². The third-order valence-corrected chi connectivity index (χ3v) is 4.57. The number of oxazole rings is 1. The fourth-order valence-electron chi connectivity index (χ4n) is 3.15. The number of aromatic amines is 1. The number of H-pyrrole nitrogens is 1. The Hall–Kier alpha value is -4.01. The van der Waals surface area contributed by atoms with Crippen molar-refractivity contribution in [1.82, 2.24) is 15.0 Å². The number of methoxy groups -OCH3 is 2. The van der Waals surface area contributed by atoms with Crippen molar-refractivity contribution in [3.05, 3.63) is 58.2 Å². The van der Waals surface area contributed by atoms with Gasteiger partial charge in [0.05, 0.1) is 19.7 Å². The molecular formula is C21H21N5O4. The first-order valence-electron chi connectivity index (χ1n) is 9.20. The van der Waals surface area contributed by atoms with Crippen LogP contribution in [0.25, 0.3) is 11.1 Å². The van der Waals surface area contributed by atoms with Gasteiger partial charge in [0, 0.05) is 29.2 Å². The first-order chi connectivity index (χ1) is 14.5. The molecule has 30 heavy (non-hydrogen) atoms. The predicted octanol–water partition coefficient (Wildman–Crippen LogP) is 4.03. The number of hydrogen-bond acceptors (Lipinski definition) is 8. The van der Waals surface area contributed by atoms with Crippen LogP contribution in [0.1, 0.15) is 11.1 Å². The van der Waals surface area contributed by atoms with Crippen LogP contribution in [0.3, 0.4) is 0 Å². The SMILES string of the molecule is COc1cc(Nc2ncc(C)c(Nc3ccc4oc(=O)[nH]c4c3)n2)cc(C)c1OC. The highest BCUT2D eigenvalue weighted by Gasteiger charge is 2.11. The smallest absolute Gasteiger partial charge is 0.417 e. The monoisotopic (exact) mass is 407 g/mol. The molecule has 0 unspecified atom stereocenters. The third-order valence-electron chi connectivity index (χ3n) is 4.57. The molecule has 9 heteroatoms. The normalized spacial score (nSPS) is 10.8. The number of fused-ring (bicyclic) bond motifs is 1. The molecule has 3 N–H and O–H groups in total. The molecule has 0 amide bonds. The van der Waals surface area contributed by atoms with Gasteiger partial charge < -0.3 is 24.5 Å². The molecule has 4 rings (SSSR count). The second kappa shape index (κ2) is 7.78. The summed E-state index contributed by atoms with van der Waals surface area (Å²) < 4.78 is 15.8. The largest absolute Gasteiger partial charge is 0.493 e. The molecule has 0 aliphatic carbocycles. The molecule has 154 valence electrons. The van der Waals surface area contributed by atoms with Crippen LogP contribution in [-0.2, 0) is 0 Å². The Bertz CT molecular complexity index is 1280. The van der Waals surface area contributed by atoms with Crippen molar-refractivity contribution in [2.24, 2.45) is 0 Å². The second-order valence-electron chi connectivity index (χ2n) is 6.73. The van der Waals surface area contributed by atoms with E-state index in [0.29, 0.717) is 34.4 Å². The molecule has 0 aliphatic rings. The molecule has 9 nitrogen and oxygen atoms in total. The van der Waals surface area contributed by atoms with Gasteiger partial charge in [0.1, 0.15) is 5.82 Å². The predicted molar refractivity (Wildman–Crippen MR) is 114 cm³/mol. The molecular weight excluding hydrogens is 386 g/mol. The summed E-state index contributed by atoms with van der Waals surface area (Å²) in [6.45, 7) is 3.84. The van der Waals surface area contributed by atoms with E-state index in [1.165, 1.54) is 0 Å². The molecule has 2 heterocycles. The number of rotatable bonds is 6. The summed E-state index contributed by atoms with van der Waals surface area (Å²) in [5.41, 5.74) is 4.43. The average Bonchev–Trinajstić information content (AvgIpc) is 3.09. The van der Waals surface area contributed by atoms with Gasteiger partial charge in [-0.2, -0.15) is 4.98 Å². The standard InChI is InChI=1S/C21H21N5O4/c1-11-7-14(9-17(28-3)18(11)29-4)24-20-22-10-12(2)19(26-20)23-13-5-6-16-15(8-13)25-21(27)30-16/h5-10H,1-4H3,(H,25,27)(H2,22,23,24,26). The van der Waals surface area contributed by atoms with Crippen molar-refractivity contribution in [2.75, 3.05) is 24.9 Å². The van der Waals surface area contributed by atoms with E-state index in [1.807, 2.05) is 32.0 Å². The number of benzene rings is 2. The van der Waals surface area contributed by atoms with Crippen LogP contribution in [0.4, 0.5) is 23.1 Å². The summed E-state index contributed by atoms with van der Waals surface area (Å²) in [4.78, 5) is 22.9. The lowest BCUT2D eigenvalue weighted by Gasteiger charge is -2.14. The van der Waals surface area contributed by atoms with Gasteiger partial charge in [-0.1, -0.05) is 0 Å². The van der Waals surface area contributed by atoms with Crippen LogP contribution in [0.2, 0.25) is 0 Å². The van der Waals surface area contributed by atoms with Gasteiger partial charge in [0.2, 0.25) is 5.95 Å². The van der Waals surface area contributed by atoms with Crippen LogP contribution in [-0.4, -0.2) is 29.2 Å². The summed E-state index contributed by atoms with van der Waals surface area (Å²) in [5.74, 6) is 1.87. The minimum atomic E-state index is -0.489. The lowest BCUT2D eigenvalue weighted by Crippen LogP contribution is -2.03. The quantitative estimate of drug-likeness (QED) is 0.439.